The minimum absolute atomic E-state index is 0.137. The number of carbonyl (C=O) groups is 2. The van der Waals surface area contributed by atoms with Crippen LogP contribution >= 0.6 is 0 Å². The lowest BCUT2D eigenvalue weighted by atomic mass is 9.88. The van der Waals surface area contributed by atoms with Gasteiger partial charge in [-0.15, -0.1) is 0 Å². The number of alkyl carbamates (subject to hydrolysis) is 1. The van der Waals surface area contributed by atoms with Crippen molar-refractivity contribution in [1.82, 2.24) is 5.32 Å². The van der Waals surface area contributed by atoms with Gasteiger partial charge in [0.2, 0.25) is 0 Å². The summed E-state index contributed by atoms with van der Waals surface area (Å²) in [6.07, 6.45) is 5.34. The minimum atomic E-state index is -1.02. The molecule has 0 heterocycles. The zero-order chi connectivity index (χ0) is 27.8. The van der Waals surface area contributed by atoms with Gasteiger partial charge < -0.3 is 14.8 Å². The first-order chi connectivity index (χ1) is 17.4. The van der Waals surface area contributed by atoms with Gasteiger partial charge in [0.25, 0.3) is 0 Å². The smallest absolute Gasteiger partial charge is 0.408 e. The molecule has 0 saturated heterocycles. The molecule has 0 unspecified atom stereocenters. The number of benzene rings is 2. The number of amides is 1. The van der Waals surface area contributed by atoms with Crippen LogP contribution in [0.5, 0.6) is 0 Å². The molecular formula is C30H39F2NO4. The van der Waals surface area contributed by atoms with Gasteiger partial charge in [-0.05, 0) is 120 Å². The summed E-state index contributed by atoms with van der Waals surface area (Å²) in [5.74, 6) is -1.44. The first-order valence-electron chi connectivity index (χ1n) is 12.7. The standard InChI is InChI=1S/C30H39F2NO4/c1-8-10-11-12-13-21-16-23(31)15-19(3)27(21)22-14-20(4)28(32)24(17-22)25(18-26(34)36-9-2)33-29(35)37-30(5,6)7/h8,10,14-17,25H,9,11-13,18H2,1-7H3,(H,33,35)/t25-/m0/s1. The van der Waals surface area contributed by atoms with Crippen LogP contribution in [0.15, 0.2) is 36.4 Å². The molecule has 7 heteroatoms. The fourth-order valence-corrected chi connectivity index (χ4v) is 4.27. The highest BCUT2D eigenvalue weighted by atomic mass is 19.1. The molecule has 0 saturated carbocycles. The van der Waals surface area contributed by atoms with Crippen molar-refractivity contribution in [3.05, 3.63) is 70.3 Å². The number of carbonyl (C=O) groups excluding carboxylic acids is 2. The van der Waals surface area contributed by atoms with Crippen molar-refractivity contribution in [2.24, 2.45) is 0 Å². The molecule has 1 N–H and O–H groups in total. The summed E-state index contributed by atoms with van der Waals surface area (Å²) in [6.45, 7) is 12.4. The van der Waals surface area contributed by atoms with Gasteiger partial charge in [-0.25, -0.2) is 13.6 Å². The third kappa shape index (κ3) is 8.99. The molecule has 2 aromatic carbocycles. The van der Waals surface area contributed by atoms with Crippen molar-refractivity contribution in [3.8, 4) is 11.1 Å². The highest BCUT2D eigenvalue weighted by Crippen LogP contribution is 2.35. The van der Waals surface area contributed by atoms with E-state index in [1.54, 1.807) is 46.8 Å². The second-order valence-electron chi connectivity index (χ2n) is 10.1. The Morgan fingerprint density at radius 1 is 1.08 bits per heavy atom. The van der Waals surface area contributed by atoms with Crippen LogP contribution < -0.4 is 5.32 Å². The Balaban J connectivity index is 2.59. The Kier molecular flexibility index (Phi) is 10.8. The monoisotopic (exact) mass is 515 g/mol. The van der Waals surface area contributed by atoms with E-state index in [1.807, 2.05) is 19.9 Å². The Hall–Kier alpha value is -3.22. The number of hydrogen-bond acceptors (Lipinski definition) is 4. The van der Waals surface area contributed by atoms with Crippen molar-refractivity contribution >= 4 is 12.1 Å². The summed E-state index contributed by atoms with van der Waals surface area (Å²) in [6, 6.07) is 5.29. The highest BCUT2D eigenvalue weighted by molar-refractivity contribution is 5.76. The molecule has 2 rings (SSSR count). The number of rotatable bonds is 10. The number of esters is 1. The van der Waals surface area contributed by atoms with Crippen LogP contribution in [0.25, 0.3) is 11.1 Å². The third-order valence-corrected chi connectivity index (χ3v) is 5.75. The van der Waals surface area contributed by atoms with Gasteiger partial charge in [-0.3, -0.25) is 4.79 Å². The fourth-order valence-electron chi connectivity index (χ4n) is 4.27. The Labute approximate surface area is 219 Å². The molecule has 2 aromatic rings. The zero-order valence-electron chi connectivity index (χ0n) is 23.0. The maximum Gasteiger partial charge on any atom is 0.408 e. The molecule has 0 aliphatic heterocycles. The van der Waals surface area contributed by atoms with E-state index >= 15 is 4.39 Å². The van der Waals surface area contributed by atoms with Crippen molar-refractivity contribution in [2.45, 2.75) is 85.8 Å². The Morgan fingerprint density at radius 2 is 1.78 bits per heavy atom. The number of halogens is 2. The van der Waals surface area contributed by atoms with Gasteiger partial charge in [-0.1, -0.05) is 12.2 Å². The fraction of sp³-hybridized carbons (Fsp3) is 0.467. The van der Waals surface area contributed by atoms with E-state index in [4.69, 9.17) is 9.47 Å². The first kappa shape index (κ1) is 30.0. The summed E-state index contributed by atoms with van der Waals surface area (Å²) < 4.78 is 40.3. The normalized spacial score (nSPS) is 12.5. The van der Waals surface area contributed by atoms with E-state index in [9.17, 15) is 14.0 Å². The quantitative estimate of drug-likeness (QED) is 0.200. The van der Waals surface area contributed by atoms with Crippen LogP contribution in [0.3, 0.4) is 0 Å². The van der Waals surface area contributed by atoms with Crippen LogP contribution in [0.4, 0.5) is 13.6 Å². The summed E-state index contributed by atoms with van der Waals surface area (Å²) in [5.41, 5.74) is 2.75. The summed E-state index contributed by atoms with van der Waals surface area (Å²) in [4.78, 5) is 25.0. The lowest BCUT2D eigenvalue weighted by molar-refractivity contribution is -0.143. The molecule has 5 nitrogen and oxygen atoms in total. The van der Waals surface area contributed by atoms with Crippen LogP contribution in [-0.4, -0.2) is 24.3 Å². The molecule has 0 aliphatic rings. The molecular weight excluding hydrogens is 476 g/mol. The van der Waals surface area contributed by atoms with Crippen molar-refractivity contribution in [1.29, 1.82) is 0 Å². The lowest BCUT2D eigenvalue weighted by Gasteiger charge is -2.25. The van der Waals surface area contributed by atoms with Gasteiger partial charge >= 0.3 is 12.1 Å². The average molecular weight is 516 g/mol. The zero-order valence-corrected chi connectivity index (χ0v) is 23.0. The van der Waals surface area contributed by atoms with Gasteiger partial charge in [-0.2, -0.15) is 0 Å². The van der Waals surface area contributed by atoms with E-state index in [-0.39, 0.29) is 24.4 Å². The topological polar surface area (TPSA) is 64.6 Å². The predicted molar refractivity (Wildman–Crippen MR) is 142 cm³/mol. The van der Waals surface area contributed by atoms with Crippen LogP contribution in [0.1, 0.15) is 82.2 Å². The van der Waals surface area contributed by atoms with E-state index in [0.717, 1.165) is 29.5 Å². The van der Waals surface area contributed by atoms with Crippen molar-refractivity contribution in [3.63, 3.8) is 0 Å². The van der Waals surface area contributed by atoms with Crippen LogP contribution in [-0.2, 0) is 20.7 Å². The molecule has 0 aromatic heterocycles. The van der Waals surface area contributed by atoms with Crippen LogP contribution in [0.2, 0.25) is 0 Å². The molecule has 202 valence electrons. The minimum Gasteiger partial charge on any atom is -0.466 e. The van der Waals surface area contributed by atoms with Gasteiger partial charge in [0, 0.05) is 5.56 Å². The lowest BCUT2D eigenvalue weighted by Crippen LogP contribution is -2.36. The van der Waals surface area contributed by atoms with Crippen molar-refractivity contribution < 1.29 is 27.8 Å². The second kappa shape index (κ2) is 13.4. The van der Waals surface area contributed by atoms with Gasteiger partial charge in [0.1, 0.15) is 17.2 Å². The van der Waals surface area contributed by atoms with Crippen LogP contribution in [0, 0.1) is 25.5 Å². The predicted octanol–water partition coefficient (Wildman–Crippen LogP) is 7.67. The molecule has 37 heavy (non-hydrogen) atoms. The summed E-state index contributed by atoms with van der Waals surface area (Å²) in [5, 5.41) is 2.64. The molecule has 0 aliphatic carbocycles. The molecule has 1 atom stereocenters. The Bertz CT molecular complexity index is 1140. The number of allylic oxidation sites excluding steroid dienone is 2. The highest BCUT2D eigenvalue weighted by Gasteiger charge is 2.27. The Morgan fingerprint density at radius 3 is 2.41 bits per heavy atom. The van der Waals surface area contributed by atoms with E-state index in [1.165, 1.54) is 12.1 Å². The summed E-state index contributed by atoms with van der Waals surface area (Å²) >= 11 is 0. The molecule has 0 radical (unpaired) electrons. The maximum absolute atomic E-state index is 15.5. The number of unbranched alkanes of at least 4 members (excludes halogenated alkanes) is 1. The SMILES string of the molecule is CC=CCCCc1cc(F)cc(C)c1-c1cc(C)c(F)c([C@H](CC(=O)OCC)NC(=O)OC(C)(C)C)c1. The van der Waals surface area contributed by atoms with Gasteiger partial charge in [0.05, 0.1) is 19.1 Å². The number of aryl methyl sites for hydroxylation is 3. The summed E-state index contributed by atoms with van der Waals surface area (Å²) in [7, 11) is 0. The van der Waals surface area contributed by atoms with E-state index < -0.39 is 29.5 Å². The molecule has 0 bridgehead atoms. The first-order valence-corrected chi connectivity index (χ1v) is 12.7. The largest absolute Gasteiger partial charge is 0.466 e. The maximum atomic E-state index is 15.5. The molecule has 0 spiro atoms. The van der Waals surface area contributed by atoms with Crippen molar-refractivity contribution in [2.75, 3.05) is 6.61 Å². The van der Waals surface area contributed by atoms with Gasteiger partial charge in [0.15, 0.2) is 0 Å². The number of hydrogen-bond donors (Lipinski definition) is 1. The molecule has 0 fully saturated rings. The number of nitrogens with one attached hydrogen (secondary N) is 1. The third-order valence-electron chi connectivity index (χ3n) is 5.75. The second-order valence-corrected chi connectivity index (χ2v) is 10.1. The molecule has 1 amide bonds. The van der Waals surface area contributed by atoms with E-state index in [2.05, 4.69) is 11.4 Å². The van der Waals surface area contributed by atoms with E-state index in [0.29, 0.717) is 17.5 Å². The average Bonchev–Trinajstić information content (AvgIpc) is 2.77. The number of ether oxygens (including phenoxy) is 2.